The summed E-state index contributed by atoms with van der Waals surface area (Å²) in [6.07, 6.45) is 0. The van der Waals surface area contributed by atoms with E-state index in [0.29, 0.717) is 0 Å². The molecule has 3 aromatic rings. The van der Waals surface area contributed by atoms with Crippen molar-refractivity contribution in [3.05, 3.63) is 59.1 Å². The maximum Gasteiger partial charge on any atom is 0.0441 e. The second kappa shape index (κ2) is 4.17. The van der Waals surface area contributed by atoms with Crippen LogP contribution < -0.4 is 0 Å². The van der Waals surface area contributed by atoms with Gasteiger partial charge in [-0.05, 0) is 41.6 Å². The van der Waals surface area contributed by atoms with Crippen molar-refractivity contribution >= 4 is 33.0 Å². The number of hydrogen-bond acceptors (Lipinski definition) is 1. The molecule has 0 saturated heterocycles. The minimum Gasteiger partial charge on any atom is -0.135 e. The van der Waals surface area contributed by atoms with Crippen LogP contribution in [-0.2, 0) is 0 Å². The summed E-state index contributed by atoms with van der Waals surface area (Å²) < 4.78 is 1.32. The van der Waals surface area contributed by atoms with E-state index in [1.54, 1.807) is 11.3 Å². The molecule has 0 atom stereocenters. The van der Waals surface area contributed by atoms with Crippen molar-refractivity contribution < 1.29 is 0 Å². The normalized spacial score (nSPS) is 10.9. The van der Waals surface area contributed by atoms with Crippen molar-refractivity contribution in [3.8, 4) is 10.4 Å². The Morgan fingerprint density at radius 2 is 1.82 bits per heavy atom. The van der Waals surface area contributed by atoms with E-state index in [1.807, 2.05) is 13.0 Å². The van der Waals surface area contributed by atoms with Crippen LogP contribution in [0.4, 0.5) is 0 Å². The summed E-state index contributed by atoms with van der Waals surface area (Å²) in [6, 6.07) is 16.9. The van der Waals surface area contributed by atoms with Crippen LogP contribution in [0.1, 0.15) is 5.56 Å². The molecule has 0 spiro atoms. The Hall–Kier alpha value is -1.31. The second-order valence-corrected chi connectivity index (χ2v) is 5.60. The fraction of sp³-hybridized carbons (Fsp3) is 0.0667. The molecule has 0 aliphatic heterocycles. The predicted octanol–water partition coefficient (Wildman–Crippen LogP) is 5.53. The highest BCUT2D eigenvalue weighted by atomic mass is 35.5. The van der Waals surface area contributed by atoms with Crippen molar-refractivity contribution in [2.24, 2.45) is 0 Å². The Bertz CT molecular complexity index is 649. The fourth-order valence-corrected chi connectivity index (χ4v) is 3.11. The third-order valence-corrected chi connectivity index (χ3v) is 4.45. The van der Waals surface area contributed by atoms with Gasteiger partial charge >= 0.3 is 0 Å². The summed E-state index contributed by atoms with van der Waals surface area (Å²) in [6.45, 7) is 2.02. The minimum absolute atomic E-state index is 0.833. The van der Waals surface area contributed by atoms with Crippen molar-refractivity contribution in [2.75, 3.05) is 0 Å². The zero-order valence-electron chi connectivity index (χ0n) is 9.41. The van der Waals surface area contributed by atoms with Gasteiger partial charge in [-0.25, -0.2) is 0 Å². The molecule has 1 aromatic heterocycles. The average molecular weight is 259 g/mol. The Morgan fingerprint density at radius 3 is 2.59 bits per heavy atom. The van der Waals surface area contributed by atoms with E-state index in [9.17, 15) is 0 Å². The first-order chi connectivity index (χ1) is 8.24. The molecule has 0 amide bonds. The molecule has 0 aliphatic carbocycles. The number of benzene rings is 2. The van der Waals surface area contributed by atoms with E-state index < -0.39 is 0 Å². The lowest BCUT2D eigenvalue weighted by Crippen LogP contribution is -1.76. The lowest BCUT2D eigenvalue weighted by molar-refractivity contribution is 1.48. The quantitative estimate of drug-likeness (QED) is 0.538. The van der Waals surface area contributed by atoms with E-state index in [0.717, 1.165) is 10.6 Å². The third-order valence-electron chi connectivity index (χ3n) is 2.88. The summed E-state index contributed by atoms with van der Waals surface area (Å²) in [4.78, 5) is 1.27. The molecule has 0 aliphatic rings. The molecular weight excluding hydrogens is 248 g/mol. The second-order valence-electron chi connectivity index (χ2n) is 4.11. The first-order valence-electron chi connectivity index (χ1n) is 5.49. The number of rotatable bonds is 1. The largest absolute Gasteiger partial charge is 0.135 e. The highest BCUT2D eigenvalue weighted by molar-refractivity contribution is 7.22. The van der Waals surface area contributed by atoms with Crippen LogP contribution in [0.5, 0.6) is 0 Å². The van der Waals surface area contributed by atoms with Gasteiger partial charge in [0.25, 0.3) is 0 Å². The highest BCUT2D eigenvalue weighted by Crippen LogP contribution is 2.34. The molecule has 0 saturated carbocycles. The molecule has 17 heavy (non-hydrogen) atoms. The molecule has 0 fully saturated rings. The Balaban J connectivity index is 2.17. The maximum absolute atomic E-state index is 6.17. The van der Waals surface area contributed by atoms with Crippen LogP contribution in [0.3, 0.4) is 0 Å². The van der Waals surface area contributed by atoms with Gasteiger partial charge in [-0.15, -0.1) is 11.3 Å². The molecular formula is C15H11ClS. The molecule has 2 heteroatoms. The topological polar surface area (TPSA) is 0 Å². The smallest absolute Gasteiger partial charge is 0.0441 e. The van der Waals surface area contributed by atoms with E-state index >= 15 is 0 Å². The monoisotopic (exact) mass is 258 g/mol. The third kappa shape index (κ3) is 1.97. The van der Waals surface area contributed by atoms with E-state index in [-0.39, 0.29) is 0 Å². The van der Waals surface area contributed by atoms with Crippen LogP contribution in [0.2, 0.25) is 5.02 Å². The maximum atomic E-state index is 6.17. The molecule has 1 heterocycles. The van der Waals surface area contributed by atoms with Crippen LogP contribution in [0.15, 0.2) is 48.5 Å². The molecule has 0 bridgehead atoms. The first kappa shape index (κ1) is 10.8. The molecule has 0 nitrogen and oxygen atoms in total. The average Bonchev–Trinajstić information content (AvgIpc) is 2.76. The zero-order chi connectivity index (χ0) is 11.8. The Morgan fingerprint density at radius 1 is 1.00 bits per heavy atom. The van der Waals surface area contributed by atoms with E-state index in [4.69, 9.17) is 11.6 Å². The van der Waals surface area contributed by atoms with Crippen molar-refractivity contribution in [1.82, 2.24) is 0 Å². The van der Waals surface area contributed by atoms with Crippen molar-refractivity contribution in [2.45, 2.75) is 6.92 Å². The van der Waals surface area contributed by atoms with Crippen LogP contribution in [0, 0.1) is 6.92 Å². The van der Waals surface area contributed by atoms with Gasteiger partial charge in [0.2, 0.25) is 0 Å². The van der Waals surface area contributed by atoms with Gasteiger partial charge in [0, 0.05) is 14.6 Å². The van der Waals surface area contributed by atoms with Gasteiger partial charge in [-0.2, -0.15) is 0 Å². The molecule has 0 N–H and O–H groups in total. The Labute approximate surface area is 109 Å². The van der Waals surface area contributed by atoms with Crippen LogP contribution in [-0.4, -0.2) is 0 Å². The summed E-state index contributed by atoms with van der Waals surface area (Å²) in [5, 5.41) is 2.13. The molecule has 3 rings (SSSR count). The predicted molar refractivity (Wildman–Crippen MR) is 77.0 cm³/mol. The molecule has 0 radical (unpaired) electrons. The van der Waals surface area contributed by atoms with Gasteiger partial charge < -0.3 is 0 Å². The van der Waals surface area contributed by atoms with Crippen LogP contribution >= 0.6 is 22.9 Å². The zero-order valence-corrected chi connectivity index (χ0v) is 11.0. The van der Waals surface area contributed by atoms with Gasteiger partial charge in [-0.3, -0.25) is 0 Å². The van der Waals surface area contributed by atoms with Gasteiger partial charge in [0.05, 0.1) is 0 Å². The number of halogens is 1. The lowest BCUT2D eigenvalue weighted by Gasteiger charge is -2.00. The number of fused-ring (bicyclic) bond motifs is 1. The van der Waals surface area contributed by atoms with E-state index in [1.165, 1.54) is 20.5 Å². The minimum atomic E-state index is 0.833. The van der Waals surface area contributed by atoms with Crippen molar-refractivity contribution in [3.63, 3.8) is 0 Å². The summed E-state index contributed by atoms with van der Waals surface area (Å²) in [5.74, 6) is 0. The SMILES string of the molecule is Cc1ccc(-c2cc3ccccc3s2)cc1Cl. The highest BCUT2D eigenvalue weighted by Gasteiger charge is 2.05. The number of thiophene rings is 1. The molecule has 2 aromatic carbocycles. The fourth-order valence-electron chi connectivity index (χ4n) is 1.87. The van der Waals surface area contributed by atoms with Crippen molar-refractivity contribution in [1.29, 1.82) is 0 Å². The standard InChI is InChI=1S/C15H11ClS/c1-10-6-7-12(8-13(10)16)15-9-11-4-2-3-5-14(11)17-15/h2-9H,1H3. The number of aryl methyl sites for hydroxylation is 1. The first-order valence-corrected chi connectivity index (χ1v) is 6.68. The summed E-state index contributed by atoms with van der Waals surface area (Å²) >= 11 is 7.97. The van der Waals surface area contributed by atoms with Gasteiger partial charge in [0.1, 0.15) is 0 Å². The van der Waals surface area contributed by atoms with Gasteiger partial charge in [-0.1, -0.05) is 41.9 Å². The van der Waals surface area contributed by atoms with Gasteiger partial charge in [0.15, 0.2) is 0 Å². The lowest BCUT2D eigenvalue weighted by atomic mass is 10.1. The molecule has 0 unspecified atom stereocenters. The summed E-state index contributed by atoms with van der Waals surface area (Å²) in [7, 11) is 0. The Kier molecular flexibility index (Phi) is 2.65. The van der Waals surface area contributed by atoms with Crippen LogP contribution in [0.25, 0.3) is 20.5 Å². The number of hydrogen-bond donors (Lipinski definition) is 0. The summed E-state index contributed by atoms with van der Waals surface area (Å²) in [5.41, 5.74) is 2.32. The van der Waals surface area contributed by atoms with E-state index in [2.05, 4.69) is 42.5 Å². The molecule has 84 valence electrons.